The maximum atomic E-state index is 11.1. The van der Waals surface area contributed by atoms with Crippen LogP contribution in [0.4, 0.5) is 0 Å². The van der Waals surface area contributed by atoms with Crippen LogP contribution in [0.5, 0.6) is 0 Å². The molecule has 0 saturated carbocycles. The smallest absolute Gasteiger partial charge is 0.208 e. The molecular weight excluding hydrogens is 475 g/mol. The molecule has 0 aromatic heterocycles. The minimum atomic E-state index is -3.12. The first-order valence-corrected chi connectivity index (χ1v) is 11.3. The van der Waals surface area contributed by atoms with Crippen LogP contribution in [0.3, 0.4) is 0 Å². The van der Waals surface area contributed by atoms with Crippen molar-refractivity contribution in [3.63, 3.8) is 0 Å². The molecular formula is C19H33IN4O2S. The van der Waals surface area contributed by atoms with Crippen LogP contribution >= 0.6 is 24.0 Å². The highest BCUT2D eigenvalue weighted by Crippen LogP contribution is 2.32. The number of likely N-dealkylation sites (tertiary alicyclic amines) is 1. The van der Waals surface area contributed by atoms with Crippen molar-refractivity contribution in [2.24, 2.45) is 10.9 Å². The average molecular weight is 508 g/mol. The molecule has 0 bridgehead atoms. The van der Waals surface area contributed by atoms with Crippen molar-refractivity contribution in [1.82, 2.24) is 14.9 Å². The predicted molar refractivity (Wildman–Crippen MR) is 123 cm³/mol. The third-order valence-electron chi connectivity index (χ3n) is 4.73. The Morgan fingerprint density at radius 1 is 1.30 bits per heavy atom. The largest absolute Gasteiger partial charge is 0.357 e. The van der Waals surface area contributed by atoms with Gasteiger partial charge in [-0.2, -0.15) is 0 Å². The lowest BCUT2D eigenvalue weighted by Crippen LogP contribution is -2.48. The number of hydrogen-bond donors (Lipinski definition) is 2. The van der Waals surface area contributed by atoms with Crippen LogP contribution in [-0.4, -0.2) is 58.3 Å². The molecule has 1 aliphatic heterocycles. The quantitative estimate of drug-likeness (QED) is 0.257. The lowest BCUT2D eigenvalue weighted by molar-refractivity contribution is 0.234. The Balaban J connectivity index is 0.00000364. The lowest BCUT2D eigenvalue weighted by Gasteiger charge is -2.39. The third kappa shape index (κ3) is 8.35. The van der Waals surface area contributed by atoms with Gasteiger partial charge >= 0.3 is 0 Å². The summed E-state index contributed by atoms with van der Waals surface area (Å²) in [5, 5.41) is 3.37. The van der Waals surface area contributed by atoms with Crippen molar-refractivity contribution in [1.29, 1.82) is 0 Å². The fraction of sp³-hybridized carbons (Fsp3) is 0.632. The number of nitrogens with one attached hydrogen (secondary N) is 2. The third-order valence-corrected chi connectivity index (χ3v) is 5.46. The zero-order valence-electron chi connectivity index (χ0n) is 16.5. The van der Waals surface area contributed by atoms with Crippen LogP contribution in [0, 0.1) is 5.92 Å². The average Bonchev–Trinajstić information content (AvgIpc) is 2.60. The van der Waals surface area contributed by atoms with Crippen LogP contribution in [0.15, 0.2) is 35.3 Å². The van der Waals surface area contributed by atoms with Gasteiger partial charge in [-0.1, -0.05) is 37.3 Å². The second-order valence-electron chi connectivity index (χ2n) is 6.98. The SMILES string of the molecule is CCNC(=NCCCNS(C)(=O)=O)N1CCC(c2ccccc2)C(C)C1.I. The highest BCUT2D eigenvalue weighted by molar-refractivity contribution is 14.0. The first-order valence-electron chi connectivity index (χ1n) is 9.43. The van der Waals surface area contributed by atoms with E-state index in [1.54, 1.807) is 0 Å². The summed E-state index contributed by atoms with van der Waals surface area (Å²) in [6.45, 7) is 8.20. The van der Waals surface area contributed by atoms with Gasteiger partial charge in [0.2, 0.25) is 10.0 Å². The standard InChI is InChI=1S/C19H32N4O2S.HI/c1-4-20-19(21-12-8-13-22-26(3,24)25)23-14-11-18(16(2)15-23)17-9-6-5-7-10-17;/h5-7,9-10,16,18,22H,4,8,11-15H2,1-3H3,(H,20,21);1H. The zero-order chi connectivity index (χ0) is 19.0. The summed E-state index contributed by atoms with van der Waals surface area (Å²) < 4.78 is 24.7. The lowest BCUT2D eigenvalue weighted by atomic mass is 9.82. The van der Waals surface area contributed by atoms with Gasteiger partial charge in [-0.25, -0.2) is 13.1 Å². The van der Waals surface area contributed by atoms with Gasteiger partial charge in [-0.3, -0.25) is 4.99 Å². The Labute approximate surface area is 181 Å². The molecule has 1 fully saturated rings. The highest BCUT2D eigenvalue weighted by atomic mass is 127. The molecule has 2 rings (SSSR count). The summed E-state index contributed by atoms with van der Waals surface area (Å²) in [6.07, 6.45) is 2.99. The molecule has 2 atom stereocenters. The van der Waals surface area contributed by atoms with E-state index >= 15 is 0 Å². The maximum Gasteiger partial charge on any atom is 0.208 e. The van der Waals surface area contributed by atoms with E-state index in [-0.39, 0.29) is 24.0 Å². The molecule has 2 N–H and O–H groups in total. The number of sulfonamides is 1. The van der Waals surface area contributed by atoms with Crippen molar-refractivity contribution < 1.29 is 8.42 Å². The topological polar surface area (TPSA) is 73.8 Å². The molecule has 0 spiro atoms. The molecule has 1 aromatic carbocycles. The van der Waals surface area contributed by atoms with E-state index in [0.29, 0.717) is 31.3 Å². The zero-order valence-corrected chi connectivity index (χ0v) is 19.7. The van der Waals surface area contributed by atoms with Crippen LogP contribution < -0.4 is 10.0 Å². The number of piperidine rings is 1. The van der Waals surface area contributed by atoms with E-state index in [0.717, 1.165) is 32.0 Å². The van der Waals surface area contributed by atoms with Gasteiger partial charge in [0.1, 0.15) is 0 Å². The van der Waals surface area contributed by atoms with E-state index in [4.69, 9.17) is 0 Å². The van der Waals surface area contributed by atoms with E-state index in [2.05, 4.69) is 64.1 Å². The highest BCUT2D eigenvalue weighted by Gasteiger charge is 2.28. The number of hydrogen-bond acceptors (Lipinski definition) is 3. The molecule has 1 aromatic rings. The van der Waals surface area contributed by atoms with Crippen molar-refractivity contribution in [2.45, 2.75) is 32.6 Å². The van der Waals surface area contributed by atoms with Crippen LogP contribution in [0.25, 0.3) is 0 Å². The molecule has 27 heavy (non-hydrogen) atoms. The molecule has 1 saturated heterocycles. The molecule has 0 aliphatic carbocycles. The van der Waals surface area contributed by atoms with Gasteiger partial charge in [0.05, 0.1) is 6.26 Å². The van der Waals surface area contributed by atoms with E-state index in [9.17, 15) is 8.42 Å². The summed E-state index contributed by atoms with van der Waals surface area (Å²) in [4.78, 5) is 7.02. The monoisotopic (exact) mass is 508 g/mol. The fourth-order valence-electron chi connectivity index (χ4n) is 3.48. The van der Waals surface area contributed by atoms with Gasteiger partial charge in [-0.15, -0.1) is 24.0 Å². The Morgan fingerprint density at radius 3 is 2.59 bits per heavy atom. The maximum absolute atomic E-state index is 11.1. The first kappa shape index (κ1) is 24.2. The normalized spacial score (nSPS) is 20.9. The van der Waals surface area contributed by atoms with Crippen LogP contribution in [0.1, 0.15) is 38.2 Å². The van der Waals surface area contributed by atoms with Gasteiger partial charge in [-0.05, 0) is 37.2 Å². The predicted octanol–water partition coefficient (Wildman–Crippen LogP) is 2.63. The Morgan fingerprint density at radius 2 is 2.00 bits per heavy atom. The first-order chi connectivity index (χ1) is 12.4. The molecule has 154 valence electrons. The van der Waals surface area contributed by atoms with Crippen molar-refractivity contribution >= 4 is 40.0 Å². The van der Waals surface area contributed by atoms with Gasteiger partial charge in [0.15, 0.2) is 5.96 Å². The van der Waals surface area contributed by atoms with E-state index in [1.807, 2.05) is 0 Å². The number of nitrogens with zero attached hydrogens (tertiary/aromatic N) is 2. The van der Waals surface area contributed by atoms with Gasteiger partial charge in [0, 0.05) is 32.7 Å². The van der Waals surface area contributed by atoms with Crippen LogP contribution in [-0.2, 0) is 10.0 Å². The van der Waals surface area contributed by atoms with Crippen molar-refractivity contribution in [3.05, 3.63) is 35.9 Å². The molecule has 1 aliphatic rings. The second kappa shape index (κ2) is 11.9. The summed E-state index contributed by atoms with van der Waals surface area (Å²) in [7, 11) is -3.12. The minimum absolute atomic E-state index is 0. The number of benzene rings is 1. The number of guanidine groups is 1. The Bertz CT molecular complexity index is 682. The molecule has 2 unspecified atom stereocenters. The van der Waals surface area contributed by atoms with E-state index in [1.165, 1.54) is 11.8 Å². The fourth-order valence-corrected chi connectivity index (χ4v) is 4.00. The summed E-state index contributed by atoms with van der Waals surface area (Å²) in [5.74, 6) is 2.08. The van der Waals surface area contributed by atoms with Crippen LogP contribution in [0.2, 0.25) is 0 Å². The molecule has 8 heteroatoms. The van der Waals surface area contributed by atoms with Crippen molar-refractivity contribution in [3.8, 4) is 0 Å². The Hall–Kier alpha value is -0.870. The summed E-state index contributed by atoms with van der Waals surface area (Å²) >= 11 is 0. The number of halogens is 1. The Kier molecular flexibility index (Phi) is 10.6. The summed E-state index contributed by atoms with van der Waals surface area (Å²) in [6, 6.07) is 10.8. The summed E-state index contributed by atoms with van der Waals surface area (Å²) in [5.41, 5.74) is 1.42. The van der Waals surface area contributed by atoms with Gasteiger partial charge in [0.25, 0.3) is 0 Å². The molecule has 1 heterocycles. The van der Waals surface area contributed by atoms with E-state index < -0.39 is 10.0 Å². The van der Waals surface area contributed by atoms with Crippen molar-refractivity contribution in [2.75, 3.05) is 39.0 Å². The minimum Gasteiger partial charge on any atom is -0.357 e. The molecule has 0 radical (unpaired) electrons. The molecule has 6 nitrogen and oxygen atoms in total. The molecule has 0 amide bonds. The number of rotatable bonds is 7. The number of aliphatic imine (C=N–C) groups is 1. The second-order valence-corrected chi connectivity index (χ2v) is 8.82. The van der Waals surface area contributed by atoms with Gasteiger partial charge < -0.3 is 10.2 Å².